The number of sulfonamides is 1. The van der Waals surface area contributed by atoms with E-state index in [9.17, 15) is 13.2 Å². The van der Waals surface area contributed by atoms with E-state index < -0.39 is 10.0 Å². The molecule has 0 unspecified atom stereocenters. The van der Waals surface area contributed by atoms with E-state index in [1.54, 1.807) is 12.1 Å². The van der Waals surface area contributed by atoms with Crippen molar-refractivity contribution in [3.05, 3.63) is 65.9 Å². The fourth-order valence-corrected chi connectivity index (χ4v) is 5.64. The zero-order valence-electron chi connectivity index (χ0n) is 17.9. The number of para-hydroxylation sites is 1. The monoisotopic (exact) mass is 439 g/mol. The summed E-state index contributed by atoms with van der Waals surface area (Å²) in [5, 5.41) is 1.21. The van der Waals surface area contributed by atoms with Gasteiger partial charge in [0.2, 0.25) is 15.9 Å². The molecule has 0 aliphatic carbocycles. The second kappa shape index (κ2) is 9.24. The highest BCUT2D eigenvalue weighted by atomic mass is 32.2. The molecule has 4 rings (SSSR count). The fourth-order valence-electron chi connectivity index (χ4n) is 4.17. The van der Waals surface area contributed by atoms with Crippen molar-refractivity contribution in [2.24, 2.45) is 0 Å². The number of carbonyl (C=O) groups excluding carboxylic acids is 1. The lowest BCUT2D eigenvalue weighted by molar-refractivity contribution is -0.131. The highest BCUT2D eigenvalue weighted by Gasteiger charge is 2.28. The van der Waals surface area contributed by atoms with Gasteiger partial charge < -0.3 is 9.88 Å². The SMILES string of the molecule is Cc1ccc(S(=O)(=O)N2CCCN(C(=O)CCCc3c[nH]c4ccccc34)CC2)cc1. The van der Waals surface area contributed by atoms with E-state index in [0.29, 0.717) is 43.9 Å². The largest absolute Gasteiger partial charge is 0.361 e. The minimum atomic E-state index is -3.53. The number of amides is 1. The Morgan fingerprint density at radius 1 is 1.00 bits per heavy atom. The summed E-state index contributed by atoms with van der Waals surface area (Å²) < 4.78 is 27.4. The lowest BCUT2D eigenvalue weighted by Crippen LogP contribution is -2.37. The number of nitrogens with zero attached hydrogens (tertiary/aromatic N) is 2. The third-order valence-electron chi connectivity index (χ3n) is 5.98. The molecule has 1 N–H and O–H groups in total. The maximum Gasteiger partial charge on any atom is 0.243 e. The first kappa shape index (κ1) is 21.6. The number of hydrogen-bond donors (Lipinski definition) is 1. The quantitative estimate of drug-likeness (QED) is 0.636. The average molecular weight is 440 g/mol. The Labute approximate surface area is 183 Å². The van der Waals surface area contributed by atoms with Crippen LogP contribution in [0.1, 0.15) is 30.4 Å². The molecular formula is C24H29N3O3S. The molecule has 0 radical (unpaired) electrons. The first-order chi connectivity index (χ1) is 14.9. The van der Waals surface area contributed by atoms with E-state index in [-0.39, 0.29) is 5.91 Å². The fraction of sp³-hybridized carbons (Fsp3) is 0.375. The van der Waals surface area contributed by atoms with Gasteiger partial charge in [0.1, 0.15) is 0 Å². The van der Waals surface area contributed by atoms with Crippen LogP contribution in [0.3, 0.4) is 0 Å². The van der Waals surface area contributed by atoms with Gasteiger partial charge in [-0.2, -0.15) is 4.31 Å². The van der Waals surface area contributed by atoms with Crippen LogP contribution in [0.4, 0.5) is 0 Å². The highest BCUT2D eigenvalue weighted by Crippen LogP contribution is 2.21. The van der Waals surface area contributed by atoms with Gasteiger partial charge in [-0.15, -0.1) is 0 Å². The van der Waals surface area contributed by atoms with E-state index in [0.717, 1.165) is 23.9 Å². The second-order valence-corrected chi connectivity index (χ2v) is 10.1. The van der Waals surface area contributed by atoms with Crippen LogP contribution < -0.4 is 0 Å². The third-order valence-corrected chi connectivity index (χ3v) is 7.89. The molecule has 0 spiro atoms. The molecule has 164 valence electrons. The molecule has 7 heteroatoms. The minimum Gasteiger partial charge on any atom is -0.361 e. The van der Waals surface area contributed by atoms with Crippen LogP contribution in [-0.2, 0) is 21.2 Å². The summed E-state index contributed by atoms with van der Waals surface area (Å²) in [6.07, 6.45) is 4.78. The first-order valence-electron chi connectivity index (χ1n) is 10.8. The molecule has 1 aliphatic heterocycles. The standard InChI is InChI=1S/C24H29N3O3S/c1-19-10-12-21(13-11-19)31(29,30)27-15-5-14-26(16-17-27)24(28)9-4-6-20-18-25-23-8-3-2-7-22(20)23/h2-3,7-8,10-13,18,25H,4-6,9,14-17H2,1H3. The topological polar surface area (TPSA) is 73.5 Å². The molecular weight excluding hydrogens is 410 g/mol. The summed E-state index contributed by atoms with van der Waals surface area (Å²) in [5.74, 6) is 0.106. The van der Waals surface area contributed by atoms with Crippen LogP contribution in [-0.4, -0.2) is 54.7 Å². The van der Waals surface area contributed by atoms with Crippen LogP contribution in [0.2, 0.25) is 0 Å². The van der Waals surface area contributed by atoms with Crippen LogP contribution in [0.15, 0.2) is 59.6 Å². The molecule has 31 heavy (non-hydrogen) atoms. The summed E-state index contributed by atoms with van der Waals surface area (Å²) in [5.41, 5.74) is 3.38. The number of aryl methyl sites for hydroxylation is 2. The second-order valence-electron chi connectivity index (χ2n) is 8.16. The van der Waals surface area contributed by atoms with E-state index in [4.69, 9.17) is 0 Å². The van der Waals surface area contributed by atoms with Gasteiger partial charge in [0.25, 0.3) is 0 Å². The minimum absolute atomic E-state index is 0.106. The number of hydrogen-bond acceptors (Lipinski definition) is 3. The van der Waals surface area contributed by atoms with Gasteiger partial charge in [0, 0.05) is 49.7 Å². The van der Waals surface area contributed by atoms with Gasteiger partial charge in [0.05, 0.1) is 4.90 Å². The summed E-state index contributed by atoms with van der Waals surface area (Å²) in [6, 6.07) is 15.1. The van der Waals surface area contributed by atoms with Crippen molar-refractivity contribution in [2.45, 2.75) is 37.5 Å². The van der Waals surface area contributed by atoms with Gasteiger partial charge in [-0.1, -0.05) is 35.9 Å². The first-order valence-corrected chi connectivity index (χ1v) is 12.3. The van der Waals surface area contributed by atoms with Crippen molar-refractivity contribution >= 4 is 26.8 Å². The number of carbonyl (C=O) groups is 1. The van der Waals surface area contributed by atoms with Crippen molar-refractivity contribution in [3.63, 3.8) is 0 Å². The number of nitrogens with one attached hydrogen (secondary N) is 1. The number of benzene rings is 2. The molecule has 6 nitrogen and oxygen atoms in total. The molecule has 1 aliphatic rings. The number of fused-ring (bicyclic) bond motifs is 1. The predicted molar refractivity (Wildman–Crippen MR) is 122 cm³/mol. The van der Waals surface area contributed by atoms with E-state index >= 15 is 0 Å². The van der Waals surface area contributed by atoms with Crippen molar-refractivity contribution in [3.8, 4) is 0 Å². The maximum atomic E-state index is 13.0. The van der Waals surface area contributed by atoms with Gasteiger partial charge in [-0.3, -0.25) is 4.79 Å². The lowest BCUT2D eigenvalue weighted by atomic mass is 10.1. The van der Waals surface area contributed by atoms with E-state index in [2.05, 4.69) is 17.1 Å². The number of aromatic nitrogens is 1. The molecule has 3 aromatic rings. The van der Waals surface area contributed by atoms with E-state index in [1.165, 1.54) is 15.3 Å². The predicted octanol–water partition coefficient (Wildman–Crippen LogP) is 3.72. The number of rotatable bonds is 6. The Balaban J connectivity index is 1.32. The van der Waals surface area contributed by atoms with Crippen molar-refractivity contribution in [2.75, 3.05) is 26.2 Å². The Morgan fingerprint density at radius 3 is 2.58 bits per heavy atom. The molecule has 1 aromatic heterocycles. The lowest BCUT2D eigenvalue weighted by Gasteiger charge is -2.22. The molecule has 2 heterocycles. The number of aromatic amines is 1. The summed E-state index contributed by atoms with van der Waals surface area (Å²) in [4.78, 5) is 18.2. The summed E-state index contributed by atoms with van der Waals surface area (Å²) in [7, 11) is -3.53. The van der Waals surface area contributed by atoms with Gasteiger partial charge in [-0.25, -0.2) is 8.42 Å². The molecule has 0 saturated carbocycles. The van der Waals surface area contributed by atoms with Crippen LogP contribution >= 0.6 is 0 Å². The van der Waals surface area contributed by atoms with Crippen LogP contribution in [0, 0.1) is 6.92 Å². The van der Waals surface area contributed by atoms with Crippen LogP contribution in [0.25, 0.3) is 10.9 Å². The van der Waals surface area contributed by atoms with Crippen molar-refractivity contribution < 1.29 is 13.2 Å². The van der Waals surface area contributed by atoms with Gasteiger partial charge in [-0.05, 0) is 49.9 Å². The highest BCUT2D eigenvalue weighted by molar-refractivity contribution is 7.89. The molecule has 1 fully saturated rings. The van der Waals surface area contributed by atoms with Crippen LogP contribution in [0.5, 0.6) is 0 Å². The molecule has 2 aromatic carbocycles. The summed E-state index contributed by atoms with van der Waals surface area (Å²) >= 11 is 0. The Bertz CT molecular complexity index is 1150. The average Bonchev–Trinajstić information content (AvgIpc) is 3.00. The third kappa shape index (κ3) is 4.83. The van der Waals surface area contributed by atoms with E-state index in [1.807, 2.05) is 42.3 Å². The normalized spacial score (nSPS) is 15.8. The van der Waals surface area contributed by atoms with Gasteiger partial charge in [0.15, 0.2) is 0 Å². The van der Waals surface area contributed by atoms with Crippen molar-refractivity contribution in [1.29, 1.82) is 0 Å². The Morgan fingerprint density at radius 2 is 1.77 bits per heavy atom. The molecule has 1 saturated heterocycles. The Kier molecular flexibility index (Phi) is 6.43. The van der Waals surface area contributed by atoms with Crippen molar-refractivity contribution in [1.82, 2.24) is 14.2 Å². The Hall–Kier alpha value is -2.64. The van der Waals surface area contributed by atoms with Gasteiger partial charge >= 0.3 is 0 Å². The zero-order chi connectivity index (χ0) is 21.8. The summed E-state index contributed by atoms with van der Waals surface area (Å²) in [6.45, 7) is 3.76. The maximum absolute atomic E-state index is 13.0. The molecule has 1 amide bonds. The zero-order valence-corrected chi connectivity index (χ0v) is 18.7. The number of H-pyrrole nitrogens is 1. The smallest absolute Gasteiger partial charge is 0.243 e. The molecule has 0 atom stereocenters. The molecule has 0 bridgehead atoms.